The van der Waals surface area contributed by atoms with Gasteiger partial charge in [0.1, 0.15) is 0 Å². The number of unbranched alkanes of at least 4 members (excludes halogenated alkanes) is 9. The van der Waals surface area contributed by atoms with Gasteiger partial charge in [-0.25, -0.2) is 0 Å². The van der Waals surface area contributed by atoms with Crippen LogP contribution in [0.1, 0.15) is 91.4 Å². The van der Waals surface area contributed by atoms with Gasteiger partial charge in [0.15, 0.2) is 0 Å². The molecule has 0 radical (unpaired) electrons. The second-order valence-electron chi connectivity index (χ2n) is 5.89. The maximum Gasteiger partial charge on any atom is 0.0701 e. The number of hydrogen-bond acceptors (Lipinski definition) is 2. The highest BCUT2D eigenvalue weighted by Gasteiger charge is 2.25. The third kappa shape index (κ3) is 13.0. The van der Waals surface area contributed by atoms with Crippen LogP contribution in [0.4, 0.5) is 0 Å². The molecular weight excluding hydrogens is 258 g/mol. The van der Waals surface area contributed by atoms with E-state index in [0.29, 0.717) is 0 Å². The van der Waals surface area contributed by atoms with E-state index in [1.165, 1.54) is 57.8 Å². The highest BCUT2D eigenvalue weighted by Crippen LogP contribution is 2.26. The summed E-state index contributed by atoms with van der Waals surface area (Å²) in [6, 6.07) is 0. The lowest BCUT2D eigenvalue weighted by Crippen LogP contribution is -2.30. The molecule has 4 N–H and O–H groups in total. The van der Waals surface area contributed by atoms with Crippen molar-refractivity contribution in [1.82, 2.24) is 6.15 Å². The minimum Gasteiger partial charge on any atom is -0.392 e. The van der Waals surface area contributed by atoms with Gasteiger partial charge in [-0.15, -0.1) is 11.6 Å². The molecule has 2 atom stereocenters. The van der Waals surface area contributed by atoms with Gasteiger partial charge in [0.25, 0.3) is 0 Å². The lowest BCUT2D eigenvalue weighted by Gasteiger charge is -2.25. The van der Waals surface area contributed by atoms with Crippen molar-refractivity contribution in [3.8, 4) is 0 Å². The Kier molecular flexibility index (Phi) is 14.9. The van der Waals surface area contributed by atoms with Crippen molar-refractivity contribution in [3.63, 3.8) is 0 Å². The van der Waals surface area contributed by atoms with Crippen molar-refractivity contribution in [2.24, 2.45) is 0 Å². The Hall–Kier alpha value is 0.210. The van der Waals surface area contributed by atoms with E-state index in [4.69, 9.17) is 11.6 Å². The monoisotopic (exact) mass is 293 g/mol. The second-order valence-corrected chi connectivity index (χ2v) is 6.75. The van der Waals surface area contributed by atoms with Crippen molar-refractivity contribution < 1.29 is 5.11 Å². The highest BCUT2D eigenvalue weighted by atomic mass is 35.5. The van der Waals surface area contributed by atoms with E-state index in [-0.39, 0.29) is 6.15 Å². The molecule has 2 nitrogen and oxygen atoms in total. The molecule has 0 fully saturated rings. The molecule has 0 aromatic rings. The molecule has 2 unspecified atom stereocenters. The first kappa shape index (κ1) is 21.5. The van der Waals surface area contributed by atoms with Crippen LogP contribution in [-0.2, 0) is 0 Å². The van der Waals surface area contributed by atoms with Crippen LogP contribution in [0.2, 0.25) is 0 Å². The van der Waals surface area contributed by atoms with E-state index in [1.807, 2.05) is 6.92 Å². The molecule has 0 heterocycles. The number of hydrogen-bond donors (Lipinski definition) is 2. The highest BCUT2D eigenvalue weighted by molar-refractivity contribution is 6.24. The number of aliphatic hydroxyl groups excluding tert-OH is 1. The Morgan fingerprint density at radius 3 is 1.63 bits per heavy atom. The van der Waals surface area contributed by atoms with Crippen LogP contribution in [0, 0.1) is 0 Å². The summed E-state index contributed by atoms with van der Waals surface area (Å²) >= 11 is 6.23. The predicted molar refractivity (Wildman–Crippen MR) is 87.4 cm³/mol. The molecule has 0 aromatic heterocycles. The third-order valence-electron chi connectivity index (χ3n) is 3.89. The second kappa shape index (κ2) is 13.2. The van der Waals surface area contributed by atoms with Crippen LogP contribution in [0.15, 0.2) is 0 Å². The first-order chi connectivity index (χ1) is 8.50. The average molecular weight is 294 g/mol. The molecule has 0 saturated carbocycles. The lowest BCUT2D eigenvalue weighted by atomic mass is 9.96. The number of alkyl halides is 1. The largest absolute Gasteiger partial charge is 0.392 e. The van der Waals surface area contributed by atoms with Gasteiger partial charge in [0.05, 0.1) is 11.0 Å². The summed E-state index contributed by atoms with van der Waals surface area (Å²) in [5, 5.41) is 9.49. The van der Waals surface area contributed by atoms with Crippen LogP contribution in [0.25, 0.3) is 0 Å². The van der Waals surface area contributed by atoms with Crippen LogP contribution < -0.4 is 6.15 Å². The van der Waals surface area contributed by atoms with Gasteiger partial charge in [0, 0.05) is 0 Å². The SMILES string of the molecule is CCCCCCCCCCCCC(C)(Cl)C(C)O.N. The van der Waals surface area contributed by atoms with Crippen LogP contribution in [-0.4, -0.2) is 16.1 Å². The molecule has 3 heteroatoms. The molecule has 0 aromatic carbocycles. The zero-order valence-corrected chi connectivity index (χ0v) is 14.1. The first-order valence-corrected chi connectivity index (χ1v) is 8.25. The van der Waals surface area contributed by atoms with Crippen molar-refractivity contribution in [1.29, 1.82) is 0 Å². The minimum atomic E-state index is -0.430. The quantitative estimate of drug-likeness (QED) is 0.351. The van der Waals surface area contributed by atoms with Crippen LogP contribution in [0.5, 0.6) is 0 Å². The number of aliphatic hydroxyl groups is 1. The summed E-state index contributed by atoms with van der Waals surface area (Å²) in [4.78, 5) is -0.430. The third-order valence-corrected chi connectivity index (χ3v) is 4.40. The van der Waals surface area contributed by atoms with Gasteiger partial charge in [-0.2, -0.15) is 0 Å². The van der Waals surface area contributed by atoms with E-state index in [0.717, 1.165) is 12.8 Å². The molecule has 0 amide bonds. The van der Waals surface area contributed by atoms with Crippen molar-refractivity contribution in [3.05, 3.63) is 0 Å². The molecule has 118 valence electrons. The molecule has 19 heavy (non-hydrogen) atoms. The zero-order chi connectivity index (χ0) is 13.9. The molecule has 0 rings (SSSR count). The van der Waals surface area contributed by atoms with E-state index in [2.05, 4.69) is 6.92 Å². The molecule has 0 spiro atoms. The normalized spacial score (nSPS) is 15.6. The molecular formula is C16H36ClNO. The summed E-state index contributed by atoms with van der Waals surface area (Å²) in [5.41, 5.74) is 0. The average Bonchev–Trinajstić information content (AvgIpc) is 2.31. The molecule has 0 aliphatic heterocycles. The Morgan fingerprint density at radius 2 is 1.26 bits per heavy atom. The molecule has 0 aliphatic rings. The summed E-state index contributed by atoms with van der Waals surface area (Å²) in [5.74, 6) is 0. The Morgan fingerprint density at radius 1 is 0.895 bits per heavy atom. The van der Waals surface area contributed by atoms with E-state index < -0.39 is 11.0 Å². The van der Waals surface area contributed by atoms with E-state index >= 15 is 0 Å². The van der Waals surface area contributed by atoms with Gasteiger partial charge in [0.2, 0.25) is 0 Å². The van der Waals surface area contributed by atoms with Crippen molar-refractivity contribution in [2.45, 2.75) is 102 Å². The number of halogens is 1. The fourth-order valence-electron chi connectivity index (χ4n) is 2.17. The Bertz CT molecular complexity index is 184. The zero-order valence-electron chi connectivity index (χ0n) is 13.4. The van der Waals surface area contributed by atoms with Crippen LogP contribution in [0.3, 0.4) is 0 Å². The fraction of sp³-hybridized carbons (Fsp3) is 1.00. The van der Waals surface area contributed by atoms with Gasteiger partial charge < -0.3 is 11.3 Å². The molecule has 0 aliphatic carbocycles. The first-order valence-electron chi connectivity index (χ1n) is 7.87. The summed E-state index contributed by atoms with van der Waals surface area (Å²) < 4.78 is 0. The standard InChI is InChI=1S/C16H33ClO.H3N/c1-4-5-6-7-8-9-10-11-12-13-14-16(3,17)15(2)18;/h15,18H,4-14H2,1-3H3;1H3. The topological polar surface area (TPSA) is 55.2 Å². The number of rotatable bonds is 12. The van der Waals surface area contributed by atoms with E-state index in [1.54, 1.807) is 6.92 Å². The van der Waals surface area contributed by atoms with Gasteiger partial charge in [-0.1, -0.05) is 71.1 Å². The van der Waals surface area contributed by atoms with Gasteiger partial charge >= 0.3 is 0 Å². The predicted octanol–water partition coefficient (Wildman–Crippen LogP) is 5.84. The minimum absolute atomic E-state index is 0. The Labute approximate surface area is 125 Å². The smallest absolute Gasteiger partial charge is 0.0701 e. The van der Waals surface area contributed by atoms with Gasteiger partial charge in [-0.3, -0.25) is 0 Å². The maximum atomic E-state index is 9.49. The van der Waals surface area contributed by atoms with Crippen molar-refractivity contribution >= 4 is 11.6 Å². The summed E-state index contributed by atoms with van der Waals surface area (Å²) in [7, 11) is 0. The van der Waals surface area contributed by atoms with Crippen molar-refractivity contribution in [2.75, 3.05) is 0 Å². The Balaban J connectivity index is 0. The summed E-state index contributed by atoms with van der Waals surface area (Å²) in [6.45, 7) is 5.98. The van der Waals surface area contributed by atoms with E-state index in [9.17, 15) is 5.11 Å². The molecule has 0 saturated heterocycles. The van der Waals surface area contributed by atoms with Gasteiger partial charge in [-0.05, 0) is 20.3 Å². The van der Waals surface area contributed by atoms with Crippen LogP contribution >= 0.6 is 11.6 Å². The molecule has 0 bridgehead atoms. The lowest BCUT2D eigenvalue weighted by molar-refractivity contribution is 0.143. The summed E-state index contributed by atoms with van der Waals surface area (Å²) in [6.07, 6.45) is 13.9. The fourth-order valence-corrected chi connectivity index (χ4v) is 2.30. The maximum absolute atomic E-state index is 9.49.